The van der Waals surface area contributed by atoms with E-state index in [0.717, 1.165) is 32.5 Å². The summed E-state index contributed by atoms with van der Waals surface area (Å²) in [7, 11) is 0. The van der Waals surface area contributed by atoms with Gasteiger partial charge in [0.25, 0.3) is 0 Å². The van der Waals surface area contributed by atoms with Gasteiger partial charge in [0.2, 0.25) is 5.91 Å². The third-order valence-electron chi connectivity index (χ3n) is 4.32. The molecule has 1 aliphatic rings. The topological polar surface area (TPSA) is 60.9 Å². The number of carboxylic acids is 1. The summed E-state index contributed by atoms with van der Waals surface area (Å²) in [6.45, 7) is 9.85. The molecule has 0 aromatic heterocycles. The monoisotopic (exact) mass is 284 g/mol. The van der Waals surface area contributed by atoms with Crippen LogP contribution in [0.1, 0.15) is 46.5 Å². The summed E-state index contributed by atoms with van der Waals surface area (Å²) in [5.41, 5.74) is 0. The zero-order chi connectivity index (χ0) is 15.1. The van der Waals surface area contributed by atoms with Crippen molar-refractivity contribution >= 4 is 11.9 Å². The first-order valence-electron chi connectivity index (χ1n) is 7.74. The van der Waals surface area contributed by atoms with E-state index in [1.807, 2.05) is 6.92 Å². The molecule has 1 heterocycles. The van der Waals surface area contributed by atoms with Gasteiger partial charge in [-0.05, 0) is 45.8 Å². The van der Waals surface area contributed by atoms with Crippen molar-refractivity contribution in [2.24, 2.45) is 5.92 Å². The lowest BCUT2D eigenvalue weighted by Crippen LogP contribution is -2.47. The standard InChI is InChI=1S/C15H28N2O3/c1-4-16(5-2)10-6-7-12(3)17-11-13(15(19)20)8-9-14(17)18/h12-13H,4-11H2,1-3H3,(H,19,20). The highest BCUT2D eigenvalue weighted by Gasteiger charge is 2.32. The summed E-state index contributed by atoms with van der Waals surface area (Å²) in [4.78, 5) is 27.1. The van der Waals surface area contributed by atoms with E-state index in [4.69, 9.17) is 5.11 Å². The average Bonchev–Trinajstić information content (AvgIpc) is 2.43. The summed E-state index contributed by atoms with van der Waals surface area (Å²) in [5, 5.41) is 9.09. The smallest absolute Gasteiger partial charge is 0.308 e. The molecule has 0 aromatic carbocycles. The van der Waals surface area contributed by atoms with E-state index < -0.39 is 11.9 Å². The molecule has 0 saturated carbocycles. The number of hydrogen-bond acceptors (Lipinski definition) is 3. The van der Waals surface area contributed by atoms with Gasteiger partial charge < -0.3 is 14.9 Å². The van der Waals surface area contributed by atoms with Gasteiger partial charge in [-0.1, -0.05) is 13.8 Å². The van der Waals surface area contributed by atoms with Gasteiger partial charge in [0.1, 0.15) is 0 Å². The number of rotatable bonds is 8. The van der Waals surface area contributed by atoms with E-state index in [1.54, 1.807) is 4.90 Å². The number of hydrogen-bond donors (Lipinski definition) is 1. The van der Waals surface area contributed by atoms with Crippen LogP contribution in [-0.4, -0.2) is 59.0 Å². The first kappa shape index (κ1) is 17.0. The molecule has 1 N–H and O–H groups in total. The molecule has 1 amide bonds. The zero-order valence-corrected chi connectivity index (χ0v) is 13.0. The van der Waals surface area contributed by atoms with Gasteiger partial charge in [-0.2, -0.15) is 0 Å². The molecule has 116 valence electrons. The highest BCUT2D eigenvalue weighted by atomic mass is 16.4. The molecule has 2 unspecified atom stereocenters. The van der Waals surface area contributed by atoms with Crippen LogP contribution < -0.4 is 0 Å². The van der Waals surface area contributed by atoms with Crippen LogP contribution in [0.2, 0.25) is 0 Å². The molecule has 20 heavy (non-hydrogen) atoms. The van der Waals surface area contributed by atoms with E-state index in [1.165, 1.54) is 0 Å². The molecule has 0 aliphatic carbocycles. The van der Waals surface area contributed by atoms with Crippen LogP contribution in [0.4, 0.5) is 0 Å². The molecule has 0 aromatic rings. The second kappa shape index (κ2) is 8.25. The number of carbonyl (C=O) groups excluding carboxylic acids is 1. The van der Waals surface area contributed by atoms with Crippen molar-refractivity contribution in [3.8, 4) is 0 Å². The maximum atomic E-state index is 11.9. The number of carbonyl (C=O) groups is 2. The van der Waals surface area contributed by atoms with Crippen LogP contribution >= 0.6 is 0 Å². The molecular weight excluding hydrogens is 256 g/mol. The maximum absolute atomic E-state index is 11.9. The summed E-state index contributed by atoms with van der Waals surface area (Å²) >= 11 is 0. The molecule has 5 nitrogen and oxygen atoms in total. The molecular formula is C15H28N2O3. The Balaban J connectivity index is 2.42. The van der Waals surface area contributed by atoms with Crippen molar-refractivity contribution in [2.45, 2.75) is 52.5 Å². The molecule has 2 atom stereocenters. The Bertz CT molecular complexity index is 329. The maximum Gasteiger partial charge on any atom is 0.308 e. The Morgan fingerprint density at radius 1 is 1.45 bits per heavy atom. The van der Waals surface area contributed by atoms with E-state index in [9.17, 15) is 9.59 Å². The van der Waals surface area contributed by atoms with Crippen LogP contribution in [0, 0.1) is 5.92 Å². The zero-order valence-electron chi connectivity index (χ0n) is 13.0. The van der Waals surface area contributed by atoms with Gasteiger partial charge in [-0.25, -0.2) is 0 Å². The summed E-state index contributed by atoms with van der Waals surface area (Å²) in [6.07, 6.45) is 2.84. The lowest BCUT2D eigenvalue weighted by atomic mass is 9.95. The first-order valence-corrected chi connectivity index (χ1v) is 7.74. The lowest BCUT2D eigenvalue weighted by Gasteiger charge is -2.35. The Morgan fingerprint density at radius 3 is 2.65 bits per heavy atom. The fourth-order valence-corrected chi connectivity index (χ4v) is 2.81. The Morgan fingerprint density at radius 2 is 2.10 bits per heavy atom. The van der Waals surface area contributed by atoms with E-state index in [-0.39, 0.29) is 11.9 Å². The first-order chi connectivity index (χ1) is 9.49. The van der Waals surface area contributed by atoms with E-state index in [2.05, 4.69) is 18.7 Å². The number of carboxylic acid groups (broad SMARTS) is 1. The second-order valence-corrected chi connectivity index (χ2v) is 5.64. The summed E-state index contributed by atoms with van der Waals surface area (Å²) < 4.78 is 0. The van der Waals surface area contributed by atoms with Crippen molar-refractivity contribution < 1.29 is 14.7 Å². The van der Waals surface area contributed by atoms with Crippen LogP contribution in [0.3, 0.4) is 0 Å². The van der Waals surface area contributed by atoms with Crippen LogP contribution in [0.25, 0.3) is 0 Å². The minimum atomic E-state index is -0.780. The van der Waals surface area contributed by atoms with Gasteiger partial charge in [0.15, 0.2) is 0 Å². The Labute approximate surface area is 121 Å². The minimum absolute atomic E-state index is 0.109. The fraction of sp³-hybridized carbons (Fsp3) is 0.867. The minimum Gasteiger partial charge on any atom is -0.481 e. The molecule has 0 bridgehead atoms. The Hall–Kier alpha value is -1.10. The number of aliphatic carboxylic acids is 1. The fourth-order valence-electron chi connectivity index (χ4n) is 2.81. The largest absolute Gasteiger partial charge is 0.481 e. The highest BCUT2D eigenvalue weighted by Crippen LogP contribution is 2.21. The number of likely N-dealkylation sites (tertiary alicyclic amines) is 1. The normalized spacial score (nSPS) is 21.3. The highest BCUT2D eigenvalue weighted by molar-refractivity contribution is 5.80. The molecule has 0 radical (unpaired) electrons. The van der Waals surface area contributed by atoms with Crippen LogP contribution in [0.15, 0.2) is 0 Å². The molecule has 1 aliphatic heterocycles. The van der Waals surface area contributed by atoms with Crippen LogP contribution in [-0.2, 0) is 9.59 Å². The number of amides is 1. The van der Waals surface area contributed by atoms with Gasteiger partial charge in [0, 0.05) is 19.0 Å². The molecule has 1 saturated heterocycles. The number of piperidine rings is 1. The summed E-state index contributed by atoms with van der Waals surface area (Å²) in [5.74, 6) is -1.06. The van der Waals surface area contributed by atoms with Crippen molar-refractivity contribution in [3.63, 3.8) is 0 Å². The van der Waals surface area contributed by atoms with E-state index >= 15 is 0 Å². The predicted molar refractivity (Wildman–Crippen MR) is 78.6 cm³/mol. The van der Waals surface area contributed by atoms with Crippen molar-refractivity contribution in [3.05, 3.63) is 0 Å². The molecule has 5 heteroatoms. The van der Waals surface area contributed by atoms with E-state index in [0.29, 0.717) is 19.4 Å². The number of nitrogens with zero attached hydrogens (tertiary/aromatic N) is 2. The van der Waals surface area contributed by atoms with Gasteiger partial charge in [-0.15, -0.1) is 0 Å². The van der Waals surface area contributed by atoms with Crippen molar-refractivity contribution in [1.82, 2.24) is 9.80 Å². The SMILES string of the molecule is CCN(CC)CCCC(C)N1CC(C(=O)O)CCC1=O. The third kappa shape index (κ3) is 4.78. The summed E-state index contributed by atoms with van der Waals surface area (Å²) in [6, 6.07) is 0.139. The molecule has 1 fully saturated rings. The van der Waals surface area contributed by atoms with Crippen molar-refractivity contribution in [2.75, 3.05) is 26.2 Å². The van der Waals surface area contributed by atoms with Gasteiger partial charge >= 0.3 is 5.97 Å². The average molecular weight is 284 g/mol. The third-order valence-corrected chi connectivity index (χ3v) is 4.32. The lowest BCUT2D eigenvalue weighted by molar-refractivity contribution is -0.148. The molecule has 1 rings (SSSR count). The van der Waals surface area contributed by atoms with Gasteiger partial charge in [-0.3, -0.25) is 9.59 Å². The van der Waals surface area contributed by atoms with Crippen LogP contribution in [0.5, 0.6) is 0 Å². The predicted octanol–water partition coefficient (Wildman–Crippen LogP) is 1.82. The quantitative estimate of drug-likeness (QED) is 0.738. The Kier molecular flexibility index (Phi) is 6.99. The molecule has 0 spiro atoms. The van der Waals surface area contributed by atoms with Crippen molar-refractivity contribution in [1.29, 1.82) is 0 Å². The van der Waals surface area contributed by atoms with Gasteiger partial charge in [0.05, 0.1) is 5.92 Å². The second-order valence-electron chi connectivity index (χ2n) is 5.64.